The standard InChI is InChI=1S/C16H20N2O9S/c1-10(19)6-11(16(22)27-2)8-28(25,26)9-14(20)15(21)17-12-4-3-5-13(7-12)18(23)24/h3-5,7,11,17,20-21H,6,8-9H2,1-2H3/p-1. The first-order valence-corrected chi connectivity index (χ1v) is 9.65. The number of benzene rings is 1. The summed E-state index contributed by atoms with van der Waals surface area (Å²) in [7, 11) is -3.13. The van der Waals surface area contributed by atoms with E-state index < -0.39 is 55.6 Å². The summed E-state index contributed by atoms with van der Waals surface area (Å²) in [6.45, 7) is 1.18. The normalized spacial score (nSPS) is 13.2. The Labute approximate surface area is 160 Å². The minimum Gasteiger partial charge on any atom is -0.871 e. The second kappa shape index (κ2) is 9.69. The fourth-order valence-electron chi connectivity index (χ4n) is 2.26. The first kappa shape index (κ1) is 22.9. The maximum Gasteiger partial charge on any atom is 0.310 e. The molecule has 1 unspecified atom stereocenters. The molecule has 154 valence electrons. The van der Waals surface area contributed by atoms with Gasteiger partial charge in [0.05, 0.1) is 29.5 Å². The molecule has 28 heavy (non-hydrogen) atoms. The monoisotopic (exact) mass is 415 g/mol. The van der Waals surface area contributed by atoms with Gasteiger partial charge in [-0.2, -0.15) is 0 Å². The van der Waals surface area contributed by atoms with Crippen LogP contribution in [0.2, 0.25) is 0 Å². The number of carbonyl (C=O) groups is 2. The molecule has 0 radical (unpaired) electrons. The Morgan fingerprint density at radius 3 is 2.54 bits per heavy atom. The minimum atomic E-state index is -4.17. The molecule has 0 aliphatic rings. The third-order valence-electron chi connectivity index (χ3n) is 3.46. The zero-order valence-corrected chi connectivity index (χ0v) is 15.9. The third-order valence-corrected chi connectivity index (χ3v) is 5.07. The number of nitro groups is 1. The van der Waals surface area contributed by atoms with Crippen LogP contribution >= 0.6 is 0 Å². The number of rotatable bonds is 10. The SMILES string of the molecule is COC(=O)C(CC(C)=O)CS(=O)(=O)CC([O-])=C(O)Nc1cccc([N+](=O)[O-])c1. The number of Topliss-reactive ketones (excluding diaryl/α,β-unsaturated/α-hetero) is 1. The molecule has 2 N–H and O–H groups in total. The number of nitro benzene ring substituents is 1. The van der Waals surface area contributed by atoms with Crippen LogP contribution in [-0.4, -0.2) is 48.8 Å². The molecule has 0 saturated heterocycles. The van der Waals surface area contributed by atoms with Gasteiger partial charge in [0.25, 0.3) is 5.69 Å². The molecule has 0 aromatic heterocycles. The molecule has 11 nitrogen and oxygen atoms in total. The second-order valence-corrected chi connectivity index (χ2v) is 7.99. The van der Waals surface area contributed by atoms with E-state index in [-0.39, 0.29) is 17.8 Å². The van der Waals surface area contributed by atoms with Crippen molar-refractivity contribution < 1.29 is 37.9 Å². The minimum absolute atomic E-state index is 0.00136. The maximum absolute atomic E-state index is 12.2. The quantitative estimate of drug-likeness (QED) is 0.233. The van der Waals surface area contributed by atoms with Crippen LogP contribution in [0.4, 0.5) is 11.4 Å². The lowest BCUT2D eigenvalue weighted by Gasteiger charge is -2.18. The van der Waals surface area contributed by atoms with Crippen molar-refractivity contribution in [3.63, 3.8) is 0 Å². The number of anilines is 1. The van der Waals surface area contributed by atoms with E-state index in [1.165, 1.54) is 25.1 Å². The van der Waals surface area contributed by atoms with Gasteiger partial charge in [-0.05, 0) is 13.0 Å². The van der Waals surface area contributed by atoms with E-state index in [1.807, 2.05) is 0 Å². The second-order valence-electron chi connectivity index (χ2n) is 5.89. The molecule has 0 aliphatic carbocycles. The fourth-order valence-corrected chi connectivity index (χ4v) is 3.78. The smallest absolute Gasteiger partial charge is 0.310 e. The number of aliphatic hydroxyl groups excluding tert-OH is 1. The van der Waals surface area contributed by atoms with Crippen molar-refractivity contribution in [2.45, 2.75) is 13.3 Å². The van der Waals surface area contributed by atoms with Crippen molar-refractivity contribution >= 4 is 33.0 Å². The molecule has 12 heteroatoms. The van der Waals surface area contributed by atoms with Crippen LogP contribution in [0.5, 0.6) is 0 Å². The highest BCUT2D eigenvalue weighted by atomic mass is 32.2. The number of nitrogens with one attached hydrogen (secondary N) is 1. The largest absolute Gasteiger partial charge is 0.871 e. The molecule has 1 atom stereocenters. The predicted octanol–water partition coefficient (Wildman–Crippen LogP) is 0.277. The van der Waals surface area contributed by atoms with Gasteiger partial charge in [0, 0.05) is 24.2 Å². The fraction of sp³-hybridized carbons (Fsp3) is 0.375. The van der Waals surface area contributed by atoms with E-state index in [1.54, 1.807) is 0 Å². The Balaban J connectivity index is 2.93. The van der Waals surface area contributed by atoms with Crippen molar-refractivity contribution in [3.8, 4) is 0 Å². The third kappa shape index (κ3) is 7.23. The number of ketones is 1. The van der Waals surface area contributed by atoms with Crippen molar-refractivity contribution in [2.24, 2.45) is 5.92 Å². The highest BCUT2D eigenvalue weighted by molar-refractivity contribution is 7.91. The molecular formula is C16H19N2O9S-. The van der Waals surface area contributed by atoms with Gasteiger partial charge in [-0.25, -0.2) is 8.42 Å². The van der Waals surface area contributed by atoms with Gasteiger partial charge < -0.3 is 25.1 Å². The number of ether oxygens (including phenoxy) is 1. The summed E-state index contributed by atoms with van der Waals surface area (Å²) in [5.41, 5.74) is -0.301. The number of hydrogen-bond donors (Lipinski definition) is 2. The van der Waals surface area contributed by atoms with Crippen molar-refractivity contribution in [1.82, 2.24) is 0 Å². The molecular weight excluding hydrogens is 396 g/mol. The van der Waals surface area contributed by atoms with Crippen LogP contribution in [0.3, 0.4) is 0 Å². The number of methoxy groups -OCH3 is 1. The molecule has 0 fully saturated rings. The van der Waals surface area contributed by atoms with Crippen molar-refractivity contribution in [1.29, 1.82) is 0 Å². The van der Waals surface area contributed by atoms with Gasteiger partial charge in [0.2, 0.25) is 0 Å². The van der Waals surface area contributed by atoms with E-state index in [9.17, 15) is 38.3 Å². The number of sulfone groups is 1. The summed E-state index contributed by atoms with van der Waals surface area (Å²) in [5, 5.41) is 34.7. The molecule has 1 rings (SSSR count). The van der Waals surface area contributed by atoms with E-state index in [2.05, 4.69) is 10.1 Å². The van der Waals surface area contributed by atoms with Crippen LogP contribution in [0.25, 0.3) is 0 Å². The van der Waals surface area contributed by atoms with Crippen LogP contribution in [0, 0.1) is 16.0 Å². The molecule has 0 spiro atoms. The van der Waals surface area contributed by atoms with Gasteiger partial charge >= 0.3 is 5.97 Å². The lowest BCUT2D eigenvalue weighted by Crippen LogP contribution is -2.31. The molecule has 0 bridgehead atoms. The summed E-state index contributed by atoms with van der Waals surface area (Å²) >= 11 is 0. The average Bonchev–Trinajstić information content (AvgIpc) is 2.59. The number of carbonyl (C=O) groups excluding carboxylic acids is 2. The van der Waals surface area contributed by atoms with Gasteiger partial charge in [-0.1, -0.05) is 11.8 Å². The Kier molecular flexibility index (Phi) is 7.92. The Bertz CT molecular complexity index is 893. The van der Waals surface area contributed by atoms with Crippen LogP contribution < -0.4 is 10.4 Å². The summed E-state index contributed by atoms with van der Waals surface area (Å²) in [4.78, 5) is 32.9. The predicted molar refractivity (Wildman–Crippen MR) is 95.8 cm³/mol. The van der Waals surface area contributed by atoms with E-state index in [0.29, 0.717) is 0 Å². The Hall–Kier alpha value is -3.15. The first-order valence-electron chi connectivity index (χ1n) is 7.83. The summed E-state index contributed by atoms with van der Waals surface area (Å²) in [6.07, 6.45) is -0.373. The lowest BCUT2D eigenvalue weighted by molar-refractivity contribution is -0.384. The maximum atomic E-state index is 12.2. The number of hydrogen-bond acceptors (Lipinski definition) is 10. The summed E-state index contributed by atoms with van der Waals surface area (Å²) < 4.78 is 28.8. The molecule has 0 amide bonds. The molecule has 1 aromatic rings. The van der Waals surface area contributed by atoms with Crippen LogP contribution in [0.1, 0.15) is 13.3 Å². The van der Waals surface area contributed by atoms with Gasteiger partial charge in [0.1, 0.15) is 5.78 Å². The zero-order valence-electron chi connectivity index (χ0n) is 15.1. The summed E-state index contributed by atoms with van der Waals surface area (Å²) in [6, 6.07) is 4.86. The first-order chi connectivity index (χ1) is 12.9. The van der Waals surface area contributed by atoms with E-state index in [4.69, 9.17) is 0 Å². The van der Waals surface area contributed by atoms with Crippen molar-refractivity contribution in [3.05, 3.63) is 46.0 Å². The Morgan fingerprint density at radius 2 is 2.00 bits per heavy atom. The number of nitrogens with zero attached hydrogens (tertiary/aromatic N) is 1. The van der Waals surface area contributed by atoms with Crippen molar-refractivity contribution in [2.75, 3.05) is 23.9 Å². The number of non-ortho nitro benzene ring substituents is 1. The molecule has 0 heterocycles. The average molecular weight is 415 g/mol. The molecule has 0 aliphatic heterocycles. The molecule has 1 aromatic carbocycles. The van der Waals surface area contributed by atoms with Crippen LogP contribution in [-0.2, 0) is 24.2 Å². The zero-order chi connectivity index (χ0) is 21.5. The summed E-state index contributed by atoms with van der Waals surface area (Å²) in [5.74, 6) is -6.80. The highest BCUT2D eigenvalue weighted by Crippen LogP contribution is 2.19. The van der Waals surface area contributed by atoms with Gasteiger partial charge in [-0.3, -0.25) is 14.9 Å². The van der Waals surface area contributed by atoms with E-state index in [0.717, 1.165) is 13.2 Å². The number of aliphatic hydroxyl groups is 1. The van der Waals surface area contributed by atoms with Crippen LogP contribution in [0.15, 0.2) is 35.9 Å². The number of esters is 1. The topological polar surface area (TPSA) is 176 Å². The van der Waals surface area contributed by atoms with E-state index >= 15 is 0 Å². The van der Waals surface area contributed by atoms with Gasteiger partial charge in [-0.15, -0.1) is 0 Å². The lowest BCUT2D eigenvalue weighted by atomic mass is 10.1. The highest BCUT2D eigenvalue weighted by Gasteiger charge is 2.27. The Morgan fingerprint density at radius 1 is 1.36 bits per heavy atom. The molecule has 0 saturated carbocycles. The van der Waals surface area contributed by atoms with Gasteiger partial charge in [0.15, 0.2) is 15.7 Å².